The van der Waals surface area contributed by atoms with Gasteiger partial charge < -0.3 is 19.0 Å². The molecule has 0 saturated carbocycles. The van der Waals surface area contributed by atoms with Crippen LogP contribution >= 0.6 is 0 Å². The van der Waals surface area contributed by atoms with Gasteiger partial charge in [-0.1, -0.05) is 51.0 Å². The summed E-state index contributed by atoms with van der Waals surface area (Å²) in [6.07, 6.45) is 5.38. The van der Waals surface area contributed by atoms with Crippen molar-refractivity contribution in [1.29, 1.82) is 0 Å². The van der Waals surface area contributed by atoms with Crippen molar-refractivity contribution in [3.05, 3.63) is 81.2 Å². The second-order valence-corrected chi connectivity index (χ2v) is 9.59. The number of hydrogen-bond donors (Lipinski definition) is 0. The highest BCUT2D eigenvalue weighted by Gasteiger charge is 2.42. The second-order valence-electron chi connectivity index (χ2n) is 9.59. The van der Waals surface area contributed by atoms with Crippen LogP contribution in [0.15, 0.2) is 57.7 Å². The number of para-hydroxylation sites is 1. The Morgan fingerprint density at radius 1 is 0.946 bits per heavy atom. The Balaban J connectivity index is 1.67. The van der Waals surface area contributed by atoms with Gasteiger partial charge in [0.1, 0.15) is 5.58 Å². The molecule has 0 spiro atoms. The number of fused-ring (bicyclic) bond motifs is 2. The van der Waals surface area contributed by atoms with Gasteiger partial charge in [-0.3, -0.25) is 9.59 Å². The largest absolute Gasteiger partial charge is 0.465 e. The Bertz CT molecular complexity index is 1290. The van der Waals surface area contributed by atoms with Crippen molar-refractivity contribution in [2.75, 3.05) is 33.3 Å². The number of unbranched alkanes of at least 4 members (excludes halogenated alkanes) is 2. The van der Waals surface area contributed by atoms with Crippen LogP contribution in [0.25, 0.3) is 11.0 Å². The van der Waals surface area contributed by atoms with E-state index in [4.69, 9.17) is 9.15 Å². The van der Waals surface area contributed by atoms with Gasteiger partial charge in [-0.25, -0.2) is 4.79 Å². The molecule has 1 unspecified atom stereocenters. The molecule has 1 atom stereocenters. The number of nitrogens with zero attached hydrogens (tertiary/aromatic N) is 2. The predicted octanol–water partition coefficient (Wildman–Crippen LogP) is 5.42. The van der Waals surface area contributed by atoms with E-state index in [-0.39, 0.29) is 17.1 Å². The number of rotatable bonds is 12. The van der Waals surface area contributed by atoms with Crippen LogP contribution in [-0.4, -0.2) is 55.0 Å². The molecule has 0 N–H and O–H groups in total. The van der Waals surface area contributed by atoms with Gasteiger partial charge in [0, 0.05) is 6.54 Å². The summed E-state index contributed by atoms with van der Waals surface area (Å²) in [5.74, 6) is -0.593. The van der Waals surface area contributed by atoms with E-state index in [1.165, 1.54) is 7.11 Å². The van der Waals surface area contributed by atoms with E-state index in [9.17, 15) is 14.4 Å². The van der Waals surface area contributed by atoms with Crippen LogP contribution in [0.3, 0.4) is 0 Å². The molecule has 7 nitrogen and oxygen atoms in total. The van der Waals surface area contributed by atoms with Crippen LogP contribution in [-0.2, 0) is 4.74 Å². The molecule has 1 amide bonds. The maximum absolute atomic E-state index is 13.6. The number of carbonyl (C=O) groups excluding carboxylic acids is 2. The van der Waals surface area contributed by atoms with E-state index in [1.807, 2.05) is 0 Å². The molecule has 7 heteroatoms. The molecule has 2 heterocycles. The summed E-state index contributed by atoms with van der Waals surface area (Å²) in [6.45, 7) is 7.88. The molecule has 0 bridgehead atoms. The molecule has 0 aliphatic carbocycles. The summed E-state index contributed by atoms with van der Waals surface area (Å²) < 4.78 is 10.8. The van der Waals surface area contributed by atoms with E-state index in [0.717, 1.165) is 57.3 Å². The number of methoxy groups -OCH3 is 1. The van der Waals surface area contributed by atoms with E-state index < -0.39 is 12.0 Å². The van der Waals surface area contributed by atoms with Crippen molar-refractivity contribution in [2.45, 2.75) is 52.0 Å². The van der Waals surface area contributed by atoms with E-state index in [2.05, 4.69) is 18.7 Å². The molecular weight excluding hydrogens is 468 g/mol. The molecule has 2 aromatic carbocycles. The average molecular weight is 505 g/mol. The number of ether oxygens (including phenoxy) is 1. The van der Waals surface area contributed by atoms with Crippen molar-refractivity contribution >= 4 is 22.8 Å². The third kappa shape index (κ3) is 5.62. The molecule has 1 aromatic heterocycles. The van der Waals surface area contributed by atoms with Gasteiger partial charge in [0.05, 0.1) is 29.7 Å². The molecule has 0 fully saturated rings. The fourth-order valence-corrected chi connectivity index (χ4v) is 5.03. The number of hydrogen-bond acceptors (Lipinski definition) is 6. The highest BCUT2D eigenvalue weighted by atomic mass is 16.5. The normalized spacial score (nSPS) is 15.0. The zero-order chi connectivity index (χ0) is 26.4. The number of esters is 1. The van der Waals surface area contributed by atoms with Gasteiger partial charge in [-0.15, -0.1) is 0 Å². The minimum Gasteiger partial charge on any atom is -0.465 e. The van der Waals surface area contributed by atoms with Crippen LogP contribution in [0.1, 0.15) is 84.0 Å². The van der Waals surface area contributed by atoms with Crippen LogP contribution in [0.2, 0.25) is 0 Å². The molecule has 0 radical (unpaired) electrons. The summed E-state index contributed by atoms with van der Waals surface area (Å²) in [7, 11) is 1.34. The zero-order valence-corrected chi connectivity index (χ0v) is 22.0. The average Bonchev–Trinajstić information content (AvgIpc) is 3.21. The minimum absolute atomic E-state index is 0.111. The molecule has 3 aromatic rings. The van der Waals surface area contributed by atoms with Gasteiger partial charge in [0.2, 0.25) is 5.76 Å². The Labute approximate surface area is 218 Å². The van der Waals surface area contributed by atoms with Crippen LogP contribution in [0, 0.1) is 0 Å². The first kappa shape index (κ1) is 26.6. The van der Waals surface area contributed by atoms with Crippen LogP contribution in [0.4, 0.5) is 0 Å². The Morgan fingerprint density at radius 2 is 1.59 bits per heavy atom. The summed E-state index contributed by atoms with van der Waals surface area (Å²) >= 11 is 0. The molecule has 1 aliphatic rings. The van der Waals surface area contributed by atoms with Crippen LogP contribution < -0.4 is 5.43 Å². The second kappa shape index (κ2) is 12.2. The maximum Gasteiger partial charge on any atom is 0.337 e. The standard InChI is InChI=1S/C30H36N2O5/c1-4-6-17-31(18-7-5-2)19-10-20-32-26(21-13-15-22(16-14-21)30(35)36-3)25-27(33)23-11-8-9-12-24(23)37-28(25)29(32)34/h8-9,11-16,26H,4-7,10,17-20H2,1-3H3. The highest BCUT2D eigenvalue weighted by Crippen LogP contribution is 2.38. The molecule has 0 saturated heterocycles. The molecule has 4 rings (SSSR count). The van der Waals surface area contributed by atoms with E-state index in [1.54, 1.807) is 53.4 Å². The Hall–Kier alpha value is -3.45. The van der Waals surface area contributed by atoms with Crippen molar-refractivity contribution in [3.8, 4) is 0 Å². The summed E-state index contributed by atoms with van der Waals surface area (Å²) in [5, 5.41) is 0.456. The molecule has 37 heavy (non-hydrogen) atoms. The van der Waals surface area contributed by atoms with Crippen molar-refractivity contribution < 1.29 is 18.7 Å². The fraction of sp³-hybridized carbons (Fsp3) is 0.433. The summed E-state index contributed by atoms with van der Waals surface area (Å²) in [6, 6.07) is 13.4. The van der Waals surface area contributed by atoms with Gasteiger partial charge in [0.15, 0.2) is 5.43 Å². The smallest absolute Gasteiger partial charge is 0.337 e. The fourth-order valence-electron chi connectivity index (χ4n) is 5.03. The highest BCUT2D eigenvalue weighted by molar-refractivity contribution is 5.99. The number of amides is 1. The SMILES string of the molecule is CCCCN(CCCC)CCCN1C(=O)c2oc3ccccc3c(=O)c2C1c1ccc(C(=O)OC)cc1. The van der Waals surface area contributed by atoms with E-state index in [0.29, 0.717) is 28.6 Å². The van der Waals surface area contributed by atoms with Gasteiger partial charge >= 0.3 is 5.97 Å². The number of carbonyl (C=O) groups is 2. The quantitative estimate of drug-likeness (QED) is 0.307. The first-order valence-electron chi connectivity index (χ1n) is 13.3. The topological polar surface area (TPSA) is 80.1 Å². The monoisotopic (exact) mass is 504 g/mol. The Morgan fingerprint density at radius 3 is 2.24 bits per heavy atom. The molecule has 1 aliphatic heterocycles. The van der Waals surface area contributed by atoms with Crippen LogP contribution in [0.5, 0.6) is 0 Å². The van der Waals surface area contributed by atoms with Gasteiger partial charge in [-0.05, 0) is 68.7 Å². The Kier molecular flexibility index (Phi) is 8.77. The van der Waals surface area contributed by atoms with Crippen molar-refractivity contribution in [3.63, 3.8) is 0 Å². The zero-order valence-electron chi connectivity index (χ0n) is 22.0. The lowest BCUT2D eigenvalue weighted by atomic mass is 9.97. The number of benzene rings is 2. The lowest BCUT2D eigenvalue weighted by molar-refractivity contribution is 0.0599. The lowest BCUT2D eigenvalue weighted by Crippen LogP contribution is -2.34. The molecular formula is C30H36N2O5. The van der Waals surface area contributed by atoms with Gasteiger partial charge in [0.25, 0.3) is 5.91 Å². The minimum atomic E-state index is -0.574. The first-order valence-corrected chi connectivity index (χ1v) is 13.3. The maximum atomic E-state index is 13.6. The summed E-state index contributed by atoms with van der Waals surface area (Å²) in [5.41, 5.74) is 1.75. The van der Waals surface area contributed by atoms with Gasteiger partial charge in [-0.2, -0.15) is 0 Å². The van der Waals surface area contributed by atoms with Crippen molar-refractivity contribution in [2.24, 2.45) is 0 Å². The van der Waals surface area contributed by atoms with Crippen molar-refractivity contribution in [1.82, 2.24) is 9.80 Å². The molecule has 196 valence electrons. The third-order valence-electron chi connectivity index (χ3n) is 7.05. The van der Waals surface area contributed by atoms with E-state index >= 15 is 0 Å². The lowest BCUT2D eigenvalue weighted by Gasteiger charge is -2.27. The third-order valence-corrected chi connectivity index (χ3v) is 7.05. The first-order chi connectivity index (χ1) is 18.0. The summed E-state index contributed by atoms with van der Waals surface area (Å²) in [4.78, 5) is 43.4. The predicted molar refractivity (Wildman–Crippen MR) is 144 cm³/mol.